The van der Waals surface area contributed by atoms with Gasteiger partial charge in [-0.05, 0) is 44.3 Å². The summed E-state index contributed by atoms with van der Waals surface area (Å²) in [4.78, 5) is 14.6. The van der Waals surface area contributed by atoms with Crippen molar-refractivity contribution in [1.82, 2.24) is 20.1 Å². The number of amides is 1. The molecule has 0 radical (unpaired) electrons. The van der Waals surface area contributed by atoms with Gasteiger partial charge in [0.05, 0.1) is 0 Å². The van der Waals surface area contributed by atoms with Crippen molar-refractivity contribution in [2.24, 2.45) is 0 Å². The van der Waals surface area contributed by atoms with Crippen LogP contribution in [0.4, 0.5) is 5.69 Å². The van der Waals surface area contributed by atoms with Gasteiger partial charge in [0, 0.05) is 43.9 Å². The summed E-state index contributed by atoms with van der Waals surface area (Å²) in [7, 11) is 2.03. The van der Waals surface area contributed by atoms with Crippen LogP contribution < -0.4 is 10.2 Å². The van der Waals surface area contributed by atoms with E-state index in [0.717, 1.165) is 22.6 Å². The smallest absolute Gasteiger partial charge is 0.221 e. The van der Waals surface area contributed by atoms with Crippen molar-refractivity contribution < 1.29 is 4.79 Å². The molecule has 0 saturated carbocycles. The number of nitrogens with one attached hydrogen (secondary N) is 2. The van der Waals surface area contributed by atoms with Gasteiger partial charge in [0.1, 0.15) is 0 Å². The fraction of sp³-hybridized carbons (Fsp3) is 0.318. The second kappa shape index (κ2) is 9.52. The fourth-order valence-corrected chi connectivity index (χ4v) is 3.37. The molecule has 0 aliphatic rings. The lowest BCUT2D eigenvalue weighted by atomic mass is 10.1. The molecule has 1 aromatic heterocycles. The van der Waals surface area contributed by atoms with Crippen molar-refractivity contribution in [3.05, 3.63) is 64.9 Å². The SMILES string of the molecule is Cc1cccc(-c2n[nH]c(=S)n2CCC(=O)NCC(C)N(C)c2ccccc2)c1. The number of H-pyrrole nitrogens is 1. The second-order valence-electron chi connectivity index (χ2n) is 7.22. The quantitative estimate of drug-likeness (QED) is 0.553. The molecule has 29 heavy (non-hydrogen) atoms. The molecule has 0 fully saturated rings. The molecular formula is C22H27N5OS. The van der Waals surface area contributed by atoms with Crippen LogP contribution in [0.25, 0.3) is 11.4 Å². The Labute approximate surface area is 176 Å². The highest BCUT2D eigenvalue weighted by atomic mass is 32.1. The van der Waals surface area contributed by atoms with Gasteiger partial charge >= 0.3 is 0 Å². The van der Waals surface area contributed by atoms with Crippen LogP contribution in [0.5, 0.6) is 0 Å². The summed E-state index contributed by atoms with van der Waals surface area (Å²) >= 11 is 5.36. The minimum atomic E-state index is -0.00314. The number of carbonyl (C=O) groups excluding carboxylic acids is 1. The molecule has 0 aliphatic heterocycles. The number of benzene rings is 2. The predicted octanol–water partition coefficient (Wildman–Crippen LogP) is 3.95. The Balaban J connectivity index is 1.56. The van der Waals surface area contributed by atoms with Crippen molar-refractivity contribution >= 4 is 23.8 Å². The first-order chi connectivity index (χ1) is 14.0. The largest absolute Gasteiger partial charge is 0.370 e. The molecule has 1 amide bonds. The Kier molecular flexibility index (Phi) is 6.82. The van der Waals surface area contributed by atoms with Crippen LogP contribution in [-0.2, 0) is 11.3 Å². The maximum Gasteiger partial charge on any atom is 0.221 e. The molecule has 3 aromatic rings. The number of carbonyl (C=O) groups is 1. The Morgan fingerprint density at radius 3 is 2.72 bits per heavy atom. The number of hydrogen-bond donors (Lipinski definition) is 2. The molecule has 1 heterocycles. The Morgan fingerprint density at radius 2 is 2.00 bits per heavy atom. The average molecular weight is 410 g/mol. The number of anilines is 1. The first kappa shape index (κ1) is 20.8. The third-order valence-electron chi connectivity index (χ3n) is 5.02. The number of aromatic nitrogens is 3. The molecule has 6 nitrogen and oxygen atoms in total. The van der Waals surface area contributed by atoms with Gasteiger partial charge in [0.15, 0.2) is 10.6 Å². The van der Waals surface area contributed by atoms with Gasteiger partial charge in [0.25, 0.3) is 0 Å². The molecular weight excluding hydrogens is 382 g/mol. The van der Waals surface area contributed by atoms with Crippen LogP contribution in [-0.4, -0.2) is 40.3 Å². The highest BCUT2D eigenvalue weighted by Gasteiger charge is 2.13. The number of aromatic amines is 1. The van der Waals surface area contributed by atoms with Crippen molar-refractivity contribution in [1.29, 1.82) is 0 Å². The van der Waals surface area contributed by atoms with E-state index < -0.39 is 0 Å². The van der Waals surface area contributed by atoms with Crippen molar-refractivity contribution in [3.63, 3.8) is 0 Å². The summed E-state index contributed by atoms with van der Waals surface area (Å²) in [6.45, 7) is 5.19. The Morgan fingerprint density at radius 1 is 1.24 bits per heavy atom. The van der Waals surface area contributed by atoms with Gasteiger partial charge < -0.3 is 10.2 Å². The summed E-state index contributed by atoms with van der Waals surface area (Å²) in [6, 6.07) is 18.4. The van der Waals surface area contributed by atoms with E-state index in [-0.39, 0.29) is 11.9 Å². The highest BCUT2D eigenvalue weighted by Crippen LogP contribution is 2.19. The van der Waals surface area contributed by atoms with E-state index in [2.05, 4.69) is 45.5 Å². The first-order valence-corrected chi connectivity index (χ1v) is 10.1. The van der Waals surface area contributed by atoms with Crippen molar-refractivity contribution in [3.8, 4) is 11.4 Å². The summed E-state index contributed by atoms with van der Waals surface area (Å²) < 4.78 is 2.40. The first-order valence-electron chi connectivity index (χ1n) is 9.72. The number of hydrogen-bond acceptors (Lipinski definition) is 4. The van der Waals surface area contributed by atoms with E-state index in [1.165, 1.54) is 0 Å². The topological polar surface area (TPSA) is 66.0 Å². The summed E-state index contributed by atoms with van der Waals surface area (Å²) in [5, 5.41) is 10.2. The molecule has 3 rings (SSSR count). The normalized spacial score (nSPS) is 11.8. The maximum atomic E-state index is 12.4. The van der Waals surface area contributed by atoms with E-state index in [9.17, 15) is 4.79 Å². The van der Waals surface area contributed by atoms with E-state index in [0.29, 0.717) is 24.3 Å². The average Bonchev–Trinajstić information content (AvgIpc) is 3.11. The molecule has 0 spiro atoms. The van der Waals surface area contributed by atoms with Gasteiger partial charge in [-0.25, -0.2) is 0 Å². The van der Waals surface area contributed by atoms with Crippen LogP contribution in [0.2, 0.25) is 0 Å². The number of para-hydroxylation sites is 1. The van der Waals surface area contributed by atoms with E-state index in [4.69, 9.17) is 12.2 Å². The van der Waals surface area contributed by atoms with Gasteiger partial charge in [-0.3, -0.25) is 14.5 Å². The second-order valence-corrected chi connectivity index (χ2v) is 7.61. The lowest BCUT2D eigenvalue weighted by molar-refractivity contribution is -0.121. The van der Waals surface area contributed by atoms with Crippen LogP contribution in [0.3, 0.4) is 0 Å². The van der Waals surface area contributed by atoms with Gasteiger partial charge in [-0.15, -0.1) is 0 Å². The zero-order chi connectivity index (χ0) is 20.8. The lowest BCUT2D eigenvalue weighted by Gasteiger charge is -2.27. The Bertz CT molecular complexity index is 1010. The summed E-state index contributed by atoms with van der Waals surface area (Å²) in [6.07, 6.45) is 0.342. The van der Waals surface area contributed by atoms with Gasteiger partial charge in [0.2, 0.25) is 5.91 Å². The zero-order valence-electron chi connectivity index (χ0n) is 17.1. The molecule has 7 heteroatoms. The third-order valence-corrected chi connectivity index (χ3v) is 5.33. The number of likely N-dealkylation sites (N-methyl/N-ethyl adjacent to an activating group) is 1. The lowest BCUT2D eigenvalue weighted by Crippen LogP contribution is -2.40. The van der Waals surface area contributed by atoms with Crippen molar-refractivity contribution in [2.75, 3.05) is 18.5 Å². The molecule has 2 aromatic carbocycles. The summed E-state index contributed by atoms with van der Waals surface area (Å²) in [5.74, 6) is 0.750. The fourth-order valence-electron chi connectivity index (χ4n) is 3.15. The molecule has 152 valence electrons. The minimum absolute atomic E-state index is 0.00314. The number of nitrogens with zero attached hydrogens (tertiary/aromatic N) is 3. The summed E-state index contributed by atoms with van der Waals surface area (Å²) in [5.41, 5.74) is 3.26. The van der Waals surface area contributed by atoms with Crippen LogP contribution >= 0.6 is 12.2 Å². The molecule has 1 atom stereocenters. The van der Waals surface area contributed by atoms with E-state index in [1.807, 2.05) is 54.9 Å². The number of aryl methyl sites for hydroxylation is 1. The molecule has 1 unspecified atom stereocenters. The zero-order valence-corrected chi connectivity index (χ0v) is 17.9. The minimum Gasteiger partial charge on any atom is -0.370 e. The molecule has 0 bridgehead atoms. The van der Waals surface area contributed by atoms with Crippen molar-refractivity contribution in [2.45, 2.75) is 32.9 Å². The standard InChI is InChI=1S/C22H27N5OS/c1-16-8-7-9-18(14-16)21-24-25-22(29)27(21)13-12-20(28)23-15-17(2)26(3)19-10-5-4-6-11-19/h4-11,14,17H,12-13,15H2,1-3H3,(H,23,28)(H,25,29). The van der Waals surface area contributed by atoms with Crippen LogP contribution in [0, 0.1) is 11.7 Å². The third kappa shape index (κ3) is 5.32. The maximum absolute atomic E-state index is 12.4. The van der Waals surface area contributed by atoms with Gasteiger partial charge in [-0.2, -0.15) is 5.10 Å². The molecule has 0 saturated heterocycles. The molecule has 0 aliphatic carbocycles. The predicted molar refractivity (Wildman–Crippen MR) is 120 cm³/mol. The van der Waals surface area contributed by atoms with Gasteiger partial charge in [-0.1, -0.05) is 42.0 Å². The Hall–Kier alpha value is -2.93. The van der Waals surface area contributed by atoms with E-state index >= 15 is 0 Å². The van der Waals surface area contributed by atoms with Crippen LogP contribution in [0.1, 0.15) is 18.9 Å². The van der Waals surface area contributed by atoms with Crippen LogP contribution in [0.15, 0.2) is 54.6 Å². The van der Waals surface area contributed by atoms with E-state index in [1.54, 1.807) is 0 Å². The highest BCUT2D eigenvalue weighted by molar-refractivity contribution is 7.71. The monoisotopic (exact) mass is 409 g/mol. The number of rotatable bonds is 8. The molecule has 2 N–H and O–H groups in total.